The highest BCUT2D eigenvalue weighted by molar-refractivity contribution is 5.96. The number of carbonyl (C=O) groups is 4. The van der Waals surface area contributed by atoms with E-state index < -0.39 is 29.9 Å². The van der Waals surface area contributed by atoms with Crippen molar-refractivity contribution in [2.75, 3.05) is 19.8 Å². The number of esters is 2. The lowest BCUT2D eigenvalue weighted by molar-refractivity contribution is -0.142. The average molecular weight is 389 g/mol. The molecule has 0 saturated carbocycles. The van der Waals surface area contributed by atoms with Crippen molar-refractivity contribution in [2.45, 2.75) is 26.3 Å². The van der Waals surface area contributed by atoms with E-state index in [1.165, 1.54) is 0 Å². The third-order valence-electron chi connectivity index (χ3n) is 3.95. The topological polar surface area (TPSA) is 123 Å². The number of hydrogen-bond donors (Lipinski definition) is 3. The number of amides is 3. The fourth-order valence-electron chi connectivity index (χ4n) is 2.62. The van der Waals surface area contributed by atoms with E-state index >= 15 is 0 Å². The first-order valence-electron chi connectivity index (χ1n) is 8.92. The van der Waals surface area contributed by atoms with Gasteiger partial charge in [0.15, 0.2) is 0 Å². The fraction of sp³-hybridized carbons (Fsp3) is 0.368. The molecule has 1 aromatic carbocycles. The average Bonchev–Trinajstić information content (AvgIpc) is 2.70. The van der Waals surface area contributed by atoms with Gasteiger partial charge >= 0.3 is 18.0 Å². The summed E-state index contributed by atoms with van der Waals surface area (Å²) in [5, 5.41) is 7.55. The first kappa shape index (κ1) is 20.9. The summed E-state index contributed by atoms with van der Waals surface area (Å²) in [6.45, 7) is 2.98. The summed E-state index contributed by atoms with van der Waals surface area (Å²) < 4.78 is 10.1. The van der Waals surface area contributed by atoms with E-state index in [9.17, 15) is 19.2 Å². The van der Waals surface area contributed by atoms with Crippen LogP contribution in [0.5, 0.6) is 0 Å². The molecular weight excluding hydrogens is 366 g/mol. The van der Waals surface area contributed by atoms with Gasteiger partial charge in [0, 0.05) is 5.56 Å². The number of ether oxygens (including phenoxy) is 2. The molecule has 9 heteroatoms. The lowest BCUT2D eigenvalue weighted by Crippen LogP contribution is -2.51. The number of benzene rings is 1. The van der Waals surface area contributed by atoms with Crippen LogP contribution in [0.4, 0.5) is 4.79 Å². The van der Waals surface area contributed by atoms with Crippen LogP contribution < -0.4 is 16.0 Å². The second-order valence-corrected chi connectivity index (χ2v) is 5.88. The zero-order chi connectivity index (χ0) is 20.5. The molecule has 0 spiro atoms. The number of hydrogen-bond acceptors (Lipinski definition) is 6. The minimum Gasteiger partial charge on any atom is -0.463 e. The van der Waals surface area contributed by atoms with E-state index in [-0.39, 0.29) is 31.0 Å². The van der Waals surface area contributed by atoms with Gasteiger partial charge in [-0.15, -0.1) is 0 Å². The molecule has 1 atom stereocenters. The molecule has 1 heterocycles. The number of urea groups is 1. The molecular formula is C19H23N3O6. The van der Waals surface area contributed by atoms with Crippen molar-refractivity contribution in [1.29, 1.82) is 0 Å². The highest BCUT2D eigenvalue weighted by Crippen LogP contribution is 2.17. The summed E-state index contributed by atoms with van der Waals surface area (Å²) in [5.41, 5.74) is 0.792. The van der Waals surface area contributed by atoms with Gasteiger partial charge in [-0.25, -0.2) is 9.59 Å². The summed E-state index contributed by atoms with van der Waals surface area (Å²) in [6.07, 6.45) is 0.464. The molecule has 0 aliphatic carbocycles. The Kier molecular flexibility index (Phi) is 7.55. The van der Waals surface area contributed by atoms with E-state index in [0.717, 1.165) is 0 Å². The first-order chi connectivity index (χ1) is 13.5. The van der Waals surface area contributed by atoms with Crippen molar-refractivity contribution in [3.05, 3.63) is 47.2 Å². The Labute approximate surface area is 162 Å². The van der Waals surface area contributed by atoms with E-state index in [0.29, 0.717) is 12.0 Å². The molecule has 0 fully saturated rings. The monoisotopic (exact) mass is 389 g/mol. The molecule has 0 unspecified atom stereocenters. The molecule has 1 aliphatic heterocycles. The van der Waals surface area contributed by atoms with Crippen LogP contribution in [0.2, 0.25) is 0 Å². The third kappa shape index (κ3) is 5.57. The smallest absolute Gasteiger partial charge is 0.338 e. The molecule has 150 valence electrons. The van der Waals surface area contributed by atoms with Gasteiger partial charge in [0.1, 0.15) is 13.2 Å². The molecule has 0 bridgehead atoms. The highest BCUT2D eigenvalue weighted by Gasteiger charge is 2.32. The Balaban J connectivity index is 1.98. The standard InChI is InChI=1S/C19H23N3O6/c1-3-13-16(18(25)27-4-2)14(22-19(26)21-13)11-28-15(23)10-20-17(24)12-8-6-5-7-9-12/h5-9,13H,3-4,10-11H2,1-2H3,(H,20,24)(H2,21,22,26)/t13-/m0/s1. The van der Waals surface area contributed by atoms with Crippen LogP contribution in [0.3, 0.4) is 0 Å². The lowest BCUT2D eigenvalue weighted by Gasteiger charge is -2.28. The van der Waals surface area contributed by atoms with Gasteiger partial charge in [-0.3, -0.25) is 9.59 Å². The summed E-state index contributed by atoms with van der Waals surface area (Å²) in [6, 6.07) is 7.39. The second-order valence-electron chi connectivity index (χ2n) is 5.88. The van der Waals surface area contributed by atoms with Gasteiger partial charge in [-0.05, 0) is 25.5 Å². The van der Waals surface area contributed by atoms with Crippen LogP contribution in [0, 0.1) is 0 Å². The molecule has 1 aromatic rings. The fourth-order valence-corrected chi connectivity index (χ4v) is 2.62. The summed E-state index contributed by atoms with van der Waals surface area (Å²) in [7, 11) is 0. The van der Waals surface area contributed by atoms with E-state index in [2.05, 4.69) is 16.0 Å². The van der Waals surface area contributed by atoms with Crippen molar-refractivity contribution >= 4 is 23.9 Å². The van der Waals surface area contributed by atoms with E-state index in [1.807, 2.05) is 0 Å². The molecule has 9 nitrogen and oxygen atoms in total. The number of carbonyl (C=O) groups excluding carboxylic acids is 4. The van der Waals surface area contributed by atoms with Crippen molar-refractivity contribution in [1.82, 2.24) is 16.0 Å². The predicted molar refractivity (Wildman–Crippen MR) is 99.1 cm³/mol. The minimum atomic E-state index is -0.708. The lowest BCUT2D eigenvalue weighted by atomic mass is 10.0. The Bertz CT molecular complexity index is 775. The van der Waals surface area contributed by atoms with E-state index in [1.54, 1.807) is 44.2 Å². The van der Waals surface area contributed by atoms with Gasteiger partial charge < -0.3 is 25.4 Å². The largest absolute Gasteiger partial charge is 0.463 e. The van der Waals surface area contributed by atoms with Gasteiger partial charge in [0.2, 0.25) is 0 Å². The maximum absolute atomic E-state index is 12.2. The molecule has 0 radical (unpaired) electrons. The predicted octanol–water partition coefficient (Wildman–Crippen LogP) is 0.868. The number of rotatable bonds is 8. The van der Waals surface area contributed by atoms with Crippen molar-refractivity contribution in [3.63, 3.8) is 0 Å². The van der Waals surface area contributed by atoms with Crippen molar-refractivity contribution < 1.29 is 28.7 Å². The zero-order valence-electron chi connectivity index (χ0n) is 15.7. The van der Waals surface area contributed by atoms with Crippen LogP contribution in [0.15, 0.2) is 41.6 Å². The normalized spacial score (nSPS) is 15.9. The maximum atomic E-state index is 12.2. The van der Waals surface area contributed by atoms with Gasteiger partial charge in [-0.2, -0.15) is 0 Å². The molecule has 0 saturated heterocycles. The summed E-state index contributed by atoms with van der Waals surface area (Å²) >= 11 is 0. The summed E-state index contributed by atoms with van der Waals surface area (Å²) in [4.78, 5) is 47.9. The Morgan fingerprint density at radius 1 is 1.11 bits per heavy atom. The summed E-state index contributed by atoms with van der Waals surface area (Å²) in [5.74, 6) is -1.71. The van der Waals surface area contributed by atoms with Crippen LogP contribution in [0.1, 0.15) is 30.6 Å². The van der Waals surface area contributed by atoms with Gasteiger partial charge in [-0.1, -0.05) is 25.1 Å². The quantitative estimate of drug-likeness (QED) is 0.567. The van der Waals surface area contributed by atoms with Crippen LogP contribution in [-0.2, 0) is 19.1 Å². The Morgan fingerprint density at radius 2 is 1.82 bits per heavy atom. The Morgan fingerprint density at radius 3 is 2.46 bits per heavy atom. The van der Waals surface area contributed by atoms with Gasteiger partial charge in [0.05, 0.1) is 23.9 Å². The molecule has 1 aliphatic rings. The highest BCUT2D eigenvalue weighted by atomic mass is 16.5. The van der Waals surface area contributed by atoms with Crippen LogP contribution >= 0.6 is 0 Å². The SMILES string of the molecule is CCOC(=O)C1=C(COC(=O)CNC(=O)c2ccccc2)NC(=O)N[C@H]1CC. The van der Waals surface area contributed by atoms with Crippen molar-refractivity contribution in [3.8, 4) is 0 Å². The molecule has 2 rings (SSSR count). The third-order valence-corrected chi connectivity index (χ3v) is 3.95. The first-order valence-corrected chi connectivity index (χ1v) is 8.92. The number of nitrogens with one attached hydrogen (secondary N) is 3. The Hall–Kier alpha value is -3.36. The minimum absolute atomic E-state index is 0.164. The van der Waals surface area contributed by atoms with E-state index in [4.69, 9.17) is 9.47 Å². The van der Waals surface area contributed by atoms with Crippen LogP contribution in [-0.4, -0.2) is 49.7 Å². The van der Waals surface area contributed by atoms with Crippen LogP contribution in [0.25, 0.3) is 0 Å². The second kappa shape index (κ2) is 10.1. The molecule has 0 aromatic heterocycles. The maximum Gasteiger partial charge on any atom is 0.338 e. The molecule has 3 amide bonds. The zero-order valence-corrected chi connectivity index (χ0v) is 15.7. The molecule has 3 N–H and O–H groups in total. The van der Waals surface area contributed by atoms with Crippen molar-refractivity contribution in [2.24, 2.45) is 0 Å². The molecule has 28 heavy (non-hydrogen) atoms. The van der Waals surface area contributed by atoms with Gasteiger partial charge in [0.25, 0.3) is 5.91 Å².